The van der Waals surface area contributed by atoms with E-state index in [1.165, 1.54) is 0 Å². The number of aryl methyl sites for hydroxylation is 1. The Morgan fingerprint density at radius 2 is 2.05 bits per heavy atom. The normalized spacial score (nSPS) is 18.0. The van der Waals surface area contributed by atoms with Gasteiger partial charge in [-0.05, 0) is 38.7 Å². The summed E-state index contributed by atoms with van der Waals surface area (Å²) in [5, 5.41) is 3.33. The van der Waals surface area contributed by atoms with Crippen LogP contribution in [0.5, 0.6) is 0 Å². The molecule has 1 heterocycles. The van der Waals surface area contributed by atoms with Crippen LogP contribution in [0.4, 0.5) is 0 Å². The van der Waals surface area contributed by atoms with E-state index in [9.17, 15) is 8.42 Å². The maximum atomic E-state index is 12.6. The lowest BCUT2D eigenvalue weighted by Gasteiger charge is -2.41. The molecule has 6 heteroatoms. The fourth-order valence-corrected chi connectivity index (χ4v) is 5.77. The molecular formula is C15H26N2O2S2. The van der Waals surface area contributed by atoms with Crippen LogP contribution in [0.15, 0.2) is 11.0 Å². The van der Waals surface area contributed by atoms with Crippen LogP contribution in [-0.4, -0.2) is 20.0 Å². The van der Waals surface area contributed by atoms with E-state index < -0.39 is 10.0 Å². The summed E-state index contributed by atoms with van der Waals surface area (Å²) in [5.41, 5.74) is -0.205. The number of hydrogen-bond acceptors (Lipinski definition) is 4. The molecule has 1 aliphatic carbocycles. The van der Waals surface area contributed by atoms with E-state index in [0.29, 0.717) is 10.9 Å². The quantitative estimate of drug-likeness (QED) is 0.807. The minimum atomic E-state index is -3.41. The van der Waals surface area contributed by atoms with Gasteiger partial charge < -0.3 is 5.32 Å². The average Bonchev–Trinajstić information content (AvgIpc) is 2.74. The highest BCUT2D eigenvalue weighted by atomic mass is 32.2. The van der Waals surface area contributed by atoms with Crippen LogP contribution in [0.1, 0.15) is 56.2 Å². The molecule has 1 aliphatic rings. The molecule has 0 spiro atoms. The zero-order valence-electron chi connectivity index (χ0n) is 13.3. The van der Waals surface area contributed by atoms with Crippen LogP contribution < -0.4 is 10.0 Å². The Labute approximate surface area is 132 Å². The lowest BCUT2D eigenvalue weighted by molar-refractivity contribution is 0.214. The average molecular weight is 331 g/mol. The molecule has 0 saturated heterocycles. The van der Waals surface area contributed by atoms with Crippen molar-refractivity contribution in [2.24, 2.45) is 0 Å². The van der Waals surface area contributed by atoms with E-state index in [0.717, 1.165) is 42.0 Å². The molecule has 0 radical (unpaired) electrons. The topological polar surface area (TPSA) is 58.2 Å². The third kappa shape index (κ3) is 3.86. The summed E-state index contributed by atoms with van der Waals surface area (Å²) < 4.78 is 28.2. The van der Waals surface area contributed by atoms with Crippen LogP contribution in [0.25, 0.3) is 0 Å². The molecule has 0 amide bonds. The molecule has 2 rings (SSSR count). The van der Waals surface area contributed by atoms with Gasteiger partial charge in [-0.3, -0.25) is 0 Å². The Kier molecular flexibility index (Phi) is 5.13. The minimum absolute atomic E-state index is 0.205. The third-order valence-corrected chi connectivity index (χ3v) is 7.12. The largest absolute Gasteiger partial charge is 0.310 e. The first kappa shape index (κ1) is 16.9. The number of rotatable bonds is 7. The Bertz CT molecular complexity index is 581. The molecular weight excluding hydrogens is 304 g/mol. The molecule has 0 aliphatic heterocycles. The molecule has 1 fully saturated rings. The standard InChI is InChI=1S/C15H26N2O2S2/c1-5-15(7-6-8-15)17-21(18,19)14-9-13(20-12(14)4)10-16-11(2)3/h9,11,16-17H,5-8,10H2,1-4H3. The summed E-state index contributed by atoms with van der Waals surface area (Å²) in [6.45, 7) is 8.83. The van der Waals surface area contributed by atoms with Gasteiger partial charge in [-0.25, -0.2) is 13.1 Å². The van der Waals surface area contributed by atoms with Crippen molar-refractivity contribution in [3.05, 3.63) is 15.8 Å². The van der Waals surface area contributed by atoms with Gasteiger partial charge in [-0.1, -0.05) is 20.8 Å². The van der Waals surface area contributed by atoms with E-state index in [2.05, 4.69) is 30.8 Å². The van der Waals surface area contributed by atoms with E-state index in [-0.39, 0.29) is 5.54 Å². The van der Waals surface area contributed by atoms with Crippen molar-refractivity contribution >= 4 is 21.4 Å². The zero-order valence-corrected chi connectivity index (χ0v) is 15.0. The van der Waals surface area contributed by atoms with Crippen molar-refractivity contribution in [1.29, 1.82) is 0 Å². The SMILES string of the molecule is CCC1(NS(=O)(=O)c2cc(CNC(C)C)sc2C)CCC1. The molecule has 1 saturated carbocycles. The highest BCUT2D eigenvalue weighted by Crippen LogP contribution is 2.37. The van der Waals surface area contributed by atoms with Gasteiger partial charge in [-0.15, -0.1) is 11.3 Å². The first-order valence-corrected chi connectivity index (χ1v) is 9.95. The number of hydrogen-bond donors (Lipinski definition) is 2. The molecule has 21 heavy (non-hydrogen) atoms. The fourth-order valence-electron chi connectivity index (χ4n) is 2.65. The van der Waals surface area contributed by atoms with Crippen molar-refractivity contribution in [1.82, 2.24) is 10.0 Å². The monoisotopic (exact) mass is 330 g/mol. The van der Waals surface area contributed by atoms with Gasteiger partial charge in [0.05, 0.1) is 4.90 Å². The van der Waals surface area contributed by atoms with Gasteiger partial charge in [0.15, 0.2) is 0 Å². The second-order valence-corrected chi connectivity index (χ2v) is 9.25. The highest BCUT2D eigenvalue weighted by molar-refractivity contribution is 7.89. The van der Waals surface area contributed by atoms with Crippen molar-refractivity contribution in [3.63, 3.8) is 0 Å². The summed E-state index contributed by atoms with van der Waals surface area (Å²) in [4.78, 5) is 2.39. The molecule has 1 aromatic rings. The lowest BCUT2D eigenvalue weighted by Crippen LogP contribution is -2.52. The van der Waals surface area contributed by atoms with Crippen molar-refractivity contribution in [2.75, 3.05) is 0 Å². The molecule has 0 aromatic carbocycles. The zero-order chi connectivity index (χ0) is 15.7. The Morgan fingerprint density at radius 3 is 2.52 bits per heavy atom. The lowest BCUT2D eigenvalue weighted by atomic mass is 9.76. The van der Waals surface area contributed by atoms with Crippen LogP contribution in [-0.2, 0) is 16.6 Å². The van der Waals surface area contributed by atoms with Crippen LogP contribution in [0, 0.1) is 6.92 Å². The predicted molar refractivity (Wildman–Crippen MR) is 88.2 cm³/mol. The maximum absolute atomic E-state index is 12.6. The molecule has 2 N–H and O–H groups in total. The van der Waals surface area contributed by atoms with Crippen molar-refractivity contribution in [3.8, 4) is 0 Å². The van der Waals surface area contributed by atoms with Crippen LogP contribution >= 0.6 is 11.3 Å². The maximum Gasteiger partial charge on any atom is 0.242 e. The molecule has 0 unspecified atom stereocenters. The Hall–Kier alpha value is -0.430. The van der Waals surface area contributed by atoms with E-state index in [1.807, 2.05) is 13.0 Å². The summed E-state index contributed by atoms with van der Waals surface area (Å²) >= 11 is 1.56. The van der Waals surface area contributed by atoms with E-state index >= 15 is 0 Å². The highest BCUT2D eigenvalue weighted by Gasteiger charge is 2.39. The van der Waals surface area contributed by atoms with Crippen LogP contribution in [0.3, 0.4) is 0 Å². The van der Waals surface area contributed by atoms with Gasteiger partial charge in [0, 0.05) is 27.9 Å². The number of sulfonamides is 1. The fraction of sp³-hybridized carbons (Fsp3) is 0.733. The smallest absolute Gasteiger partial charge is 0.242 e. The van der Waals surface area contributed by atoms with Gasteiger partial charge >= 0.3 is 0 Å². The molecule has 0 atom stereocenters. The number of nitrogens with one attached hydrogen (secondary N) is 2. The van der Waals surface area contributed by atoms with E-state index in [4.69, 9.17) is 0 Å². The second kappa shape index (κ2) is 6.36. The summed E-state index contributed by atoms with van der Waals surface area (Å²) in [7, 11) is -3.41. The first-order valence-electron chi connectivity index (χ1n) is 7.65. The summed E-state index contributed by atoms with van der Waals surface area (Å²) in [6, 6.07) is 2.21. The molecule has 1 aromatic heterocycles. The van der Waals surface area contributed by atoms with Gasteiger partial charge in [0.1, 0.15) is 0 Å². The van der Waals surface area contributed by atoms with E-state index in [1.54, 1.807) is 11.3 Å². The Morgan fingerprint density at radius 1 is 1.38 bits per heavy atom. The summed E-state index contributed by atoms with van der Waals surface area (Å²) in [5.74, 6) is 0. The van der Waals surface area contributed by atoms with Crippen LogP contribution in [0.2, 0.25) is 0 Å². The van der Waals surface area contributed by atoms with Crippen molar-refractivity contribution < 1.29 is 8.42 Å². The second-order valence-electron chi connectivity index (χ2n) is 6.26. The van der Waals surface area contributed by atoms with Gasteiger partial charge in [-0.2, -0.15) is 0 Å². The predicted octanol–water partition coefficient (Wildman–Crippen LogP) is 3.17. The summed E-state index contributed by atoms with van der Waals surface area (Å²) in [6.07, 6.45) is 3.88. The van der Waals surface area contributed by atoms with Gasteiger partial charge in [0.25, 0.3) is 0 Å². The molecule has 4 nitrogen and oxygen atoms in total. The third-order valence-electron chi connectivity index (χ3n) is 4.24. The van der Waals surface area contributed by atoms with Crippen molar-refractivity contribution in [2.45, 2.75) is 76.4 Å². The molecule has 120 valence electrons. The Balaban J connectivity index is 2.16. The number of thiophene rings is 1. The minimum Gasteiger partial charge on any atom is -0.310 e. The molecule has 0 bridgehead atoms. The first-order chi connectivity index (χ1) is 9.78. The van der Waals surface area contributed by atoms with Gasteiger partial charge in [0.2, 0.25) is 10.0 Å².